The van der Waals surface area contributed by atoms with Crippen LogP contribution in [0.5, 0.6) is 11.5 Å². The Labute approximate surface area is 173 Å². The van der Waals surface area contributed by atoms with Gasteiger partial charge in [-0.1, -0.05) is 0 Å². The summed E-state index contributed by atoms with van der Waals surface area (Å²) in [6, 6.07) is 5.37. The second-order valence-electron chi connectivity index (χ2n) is 7.14. The minimum Gasteiger partial charge on any atom is -0.497 e. The van der Waals surface area contributed by atoms with Gasteiger partial charge in [0.25, 0.3) is 0 Å². The van der Waals surface area contributed by atoms with E-state index in [2.05, 4.69) is 4.99 Å². The molecule has 2 rings (SSSR count). The number of hydrogen-bond donors (Lipinski definition) is 0. The highest BCUT2D eigenvalue weighted by Crippen LogP contribution is 2.26. The summed E-state index contributed by atoms with van der Waals surface area (Å²) in [4.78, 5) is 29.7. The van der Waals surface area contributed by atoms with Gasteiger partial charge in [-0.3, -0.25) is 0 Å². The Kier molecular flexibility index (Phi) is 7.07. The molecule has 0 aliphatic heterocycles. The van der Waals surface area contributed by atoms with Crippen LogP contribution in [0.1, 0.15) is 41.7 Å². The van der Waals surface area contributed by atoms with Gasteiger partial charge in [0.2, 0.25) is 0 Å². The zero-order valence-electron chi connectivity index (χ0n) is 17.7. The second kappa shape index (κ2) is 9.13. The van der Waals surface area contributed by atoms with E-state index in [0.717, 1.165) is 5.56 Å². The van der Waals surface area contributed by atoms with E-state index in [9.17, 15) is 9.59 Å². The third-order valence-electron chi connectivity index (χ3n) is 3.86. The Bertz CT molecular complexity index is 968. The number of esters is 1. The van der Waals surface area contributed by atoms with Gasteiger partial charge in [-0.25, -0.2) is 9.59 Å². The largest absolute Gasteiger partial charge is 0.497 e. The van der Waals surface area contributed by atoms with E-state index in [1.165, 1.54) is 18.4 Å². The van der Waals surface area contributed by atoms with Crippen molar-refractivity contribution < 1.29 is 28.5 Å². The van der Waals surface area contributed by atoms with Gasteiger partial charge in [0.05, 0.1) is 27.9 Å². The van der Waals surface area contributed by atoms with Crippen molar-refractivity contribution >= 4 is 23.4 Å². The first kappa shape index (κ1) is 22.5. The molecule has 0 saturated carbocycles. The maximum absolute atomic E-state index is 12.4. The monoisotopic (exact) mass is 422 g/mol. The second-order valence-corrected chi connectivity index (χ2v) is 8.32. The minimum absolute atomic E-state index is 0.240. The number of methoxy groups -OCH3 is 3. The van der Waals surface area contributed by atoms with Crippen molar-refractivity contribution in [1.82, 2.24) is 4.57 Å². The molecule has 0 fully saturated rings. The van der Waals surface area contributed by atoms with Crippen LogP contribution in [0, 0.1) is 6.92 Å². The first-order chi connectivity index (χ1) is 13.6. The summed E-state index contributed by atoms with van der Waals surface area (Å²) < 4.78 is 22.5. The molecule has 29 heavy (non-hydrogen) atoms. The van der Waals surface area contributed by atoms with Crippen LogP contribution in [0.2, 0.25) is 0 Å². The summed E-state index contributed by atoms with van der Waals surface area (Å²) >= 11 is 1.21. The van der Waals surface area contributed by atoms with Gasteiger partial charge in [0, 0.05) is 16.5 Å². The van der Waals surface area contributed by atoms with E-state index < -0.39 is 17.7 Å². The maximum Gasteiger partial charge on any atom is 0.436 e. The van der Waals surface area contributed by atoms with Crippen molar-refractivity contribution in [2.45, 2.75) is 39.8 Å². The summed E-state index contributed by atoms with van der Waals surface area (Å²) in [5, 5.41) is 0. The molecular weight excluding hydrogens is 396 g/mol. The predicted octanol–water partition coefficient (Wildman–Crippen LogP) is 3.55. The zero-order chi connectivity index (χ0) is 21.8. The molecule has 2 aromatic rings. The minimum atomic E-state index is -0.731. The first-order valence-corrected chi connectivity index (χ1v) is 9.68. The van der Waals surface area contributed by atoms with Crippen LogP contribution in [0.15, 0.2) is 23.2 Å². The van der Waals surface area contributed by atoms with E-state index in [0.29, 0.717) is 26.9 Å². The molecule has 1 aromatic heterocycles. The fourth-order valence-corrected chi connectivity index (χ4v) is 3.57. The average molecular weight is 423 g/mol. The highest BCUT2D eigenvalue weighted by Gasteiger charge is 2.22. The smallest absolute Gasteiger partial charge is 0.436 e. The number of carbonyl (C=O) groups is 2. The quantitative estimate of drug-likeness (QED) is 0.685. The van der Waals surface area contributed by atoms with Crippen LogP contribution in [0.25, 0.3) is 0 Å². The molecule has 0 bridgehead atoms. The van der Waals surface area contributed by atoms with Crippen LogP contribution in [0.4, 0.5) is 4.79 Å². The number of benzene rings is 1. The normalized spacial score (nSPS) is 11.9. The molecule has 9 heteroatoms. The number of aromatic nitrogens is 1. The van der Waals surface area contributed by atoms with Crippen LogP contribution >= 0.6 is 11.3 Å². The molecule has 0 aliphatic rings. The number of carbonyl (C=O) groups excluding carboxylic acids is 2. The van der Waals surface area contributed by atoms with Crippen molar-refractivity contribution in [2.75, 3.05) is 21.3 Å². The Morgan fingerprint density at radius 2 is 1.83 bits per heavy atom. The highest BCUT2D eigenvalue weighted by atomic mass is 32.1. The predicted molar refractivity (Wildman–Crippen MR) is 109 cm³/mol. The van der Waals surface area contributed by atoms with E-state index in [1.807, 2.05) is 6.07 Å². The lowest BCUT2D eigenvalue weighted by atomic mass is 10.2. The number of nitrogens with zero attached hydrogens (tertiary/aromatic N) is 2. The van der Waals surface area contributed by atoms with E-state index >= 15 is 0 Å². The Balaban J connectivity index is 2.59. The molecule has 8 nitrogen and oxygen atoms in total. The average Bonchev–Trinajstić information content (AvgIpc) is 2.94. The van der Waals surface area contributed by atoms with Crippen molar-refractivity contribution in [3.05, 3.63) is 39.1 Å². The summed E-state index contributed by atoms with van der Waals surface area (Å²) in [5.41, 5.74) is 0.418. The lowest BCUT2D eigenvalue weighted by Crippen LogP contribution is -2.26. The van der Waals surface area contributed by atoms with Crippen LogP contribution in [-0.2, 0) is 16.0 Å². The lowest BCUT2D eigenvalue weighted by molar-refractivity contribution is 0.0573. The molecule has 0 unspecified atom stereocenters. The van der Waals surface area contributed by atoms with Gasteiger partial charge >= 0.3 is 12.1 Å². The topological polar surface area (TPSA) is 88.3 Å². The molecule has 0 saturated heterocycles. The van der Waals surface area contributed by atoms with Crippen LogP contribution < -0.4 is 14.3 Å². The van der Waals surface area contributed by atoms with Crippen molar-refractivity contribution in [3.8, 4) is 11.5 Å². The number of amides is 1. The molecule has 1 heterocycles. The van der Waals surface area contributed by atoms with Gasteiger partial charge in [-0.05, 0) is 39.8 Å². The molecule has 0 aliphatic carbocycles. The standard InChI is InChI=1S/C20H26N2O6S/c1-12-16(17(23)27-7)22(18(29-12)21-19(24)28-20(2,3)4)11-13-8-9-14(25-5)10-15(13)26-6/h8-10H,11H2,1-7H3/b21-18-. The SMILES string of the molecule is COC(=O)c1c(C)s/c(=N\C(=O)OC(C)(C)C)n1Cc1ccc(OC)cc1OC. The number of thiazole rings is 1. The summed E-state index contributed by atoms with van der Waals surface area (Å²) in [6.07, 6.45) is -0.731. The van der Waals surface area contributed by atoms with E-state index in [1.54, 1.807) is 58.6 Å². The third-order valence-corrected chi connectivity index (χ3v) is 4.85. The van der Waals surface area contributed by atoms with Gasteiger partial charge in [0.15, 0.2) is 4.80 Å². The van der Waals surface area contributed by atoms with Crippen molar-refractivity contribution in [3.63, 3.8) is 0 Å². The fourth-order valence-electron chi connectivity index (χ4n) is 2.62. The highest BCUT2D eigenvalue weighted by molar-refractivity contribution is 7.09. The number of hydrogen-bond acceptors (Lipinski definition) is 7. The van der Waals surface area contributed by atoms with E-state index in [-0.39, 0.29) is 6.54 Å². The van der Waals surface area contributed by atoms with Gasteiger partial charge in [-0.2, -0.15) is 0 Å². The van der Waals surface area contributed by atoms with Crippen LogP contribution in [-0.4, -0.2) is 43.6 Å². The Morgan fingerprint density at radius 1 is 1.14 bits per heavy atom. The summed E-state index contributed by atoms with van der Waals surface area (Å²) in [5.74, 6) is 0.709. The molecule has 0 radical (unpaired) electrons. The van der Waals surface area contributed by atoms with Gasteiger partial charge in [-0.15, -0.1) is 16.3 Å². The van der Waals surface area contributed by atoms with Gasteiger partial charge < -0.3 is 23.5 Å². The molecule has 1 aromatic carbocycles. The van der Waals surface area contributed by atoms with Crippen LogP contribution in [0.3, 0.4) is 0 Å². The molecule has 1 amide bonds. The van der Waals surface area contributed by atoms with Gasteiger partial charge in [0.1, 0.15) is 22.8 Å². The third kappa shape index (κ3) is 5.60. The maximum atomic E-state index is 12.4. The molecule has 0 atom stereocenters. The molecule has 0 N–H and O–H groups in total. The molecule has 158 valence electrons. The summed E-state index contributed by atoms with van der Waals surface area (Å²) in [6.45, 7) is 7.29. The first-order valence-electron chi connectivity index (χ1n) is 8.86. The zero-order valence-corrected chi connectivity index (χ0v) is 18.5. The lowest BCUT2D eigenvalue weighted by Gasteiger charge is -2.17. The van der Waals surface area contributed by atoms with E-state index in [4.69, 9.17) is 18.9 Å². The Hall–Kier alpha value is -2.81. The fraction of sp³-hybridized carbons (Fsp3) is 0.450. The molecule has 0 spiro atoms. The van der Waals surface area contributed by atoms with Crippen molar-refractivity contribution in [2.24, 2.45) is 4.99 Å². The Morgan fingerprint density at radius 3 is 2.38 bits per heavy atom. The number of aryl methyl sites for hydroxylation is 1. The number of rotatable bonds is 5. The molecular formula is C20H26N2O6S. The van der Waals surface area contributed by atoms with Crippen molar-refractivity contribution in [1.29, 1.82) is 0 Å². The summed E-state index contributed by atoms with van der Waals surface area (Å²) in [7, 11) is 4.43. The number of ether oxygens (including phenoxy) is 4.